The highest BCUT2D eigenvalue weighted by Gasteiger charge is 2.24. The molecule has 0 fully saturated rings. The van der Waals surface area contributed by atoms with Gasteiger partial charge in [-0.15, -0.1) is 11.3 Å². The Kier molecular flexibility index (Phi) is 9.09. The van der Waals surface area contributed by atoms with Gasteiger partial charge in [0.1, 0.15) is 10.4 Å². The van der Waals surface area contributed by atoms with Crippen molar-refractivity contribution in [3.05, 3.63) is 103 Å². The number of benzene rings is 2. The van der Waals surface area contributed by atoms with E-state index in [0.717, 1.165) is 66.2 Å². The summed E-state index contributed by atoms with van der Waals surface area (Å²) >= 11 is 8.28. The second-order valence-electron chi connectivity index (χ2n) is 8.92. The van der Waals surface area contributed by atoms with Gasteiger partial charge in [-0.05, 0) is 77.3 Å². The molecule has 1 N–H and O–H groups in total. The molecule has 0 atom stereocenters. The average Bonchev–Trinajstić information content (AvgIpc) is 3.18. The molecular formula is C31H30ClNO2S. The Labute approximate surface area is 222 Å². The van der Waals surface area contributed by atoms with Gasteiger partial charge in [0.25, 0.3) is 0 Å². The Hall–Kier alpha value is -3.39. The van der Waals surface area contributed by atoms with Crippen molar-refractivity contribution in [3.8, 4) is 6.07 Å². The van der Waals surface area contributed by atoms with E-state index in [9.17, 15) is 10.1 Å². The first-order valence-electron chi connectivity index (χ1n) is 11.9. The normalized spacial score (nSPS) is 12.9. The van der Waals surface area contributed by atoms with Gasteiger partial charge in [0.2, 0.25) is 0 Å². The van der Waals surface area contributed by atoms with Crippen LogP contribution in [-0.2, 0) is 4.79 Å². The number of carboxylic acids is 1. The SMILES string of the molecule is CC/C(=C(\C(=C(/C#N)c1ccccc1C)C(C)C)c1ccc(/C=C/C(=O)O)cc1)c1cc(C)sc1Cl. The molecule has 1 heterocycles. The van der Waals surface area contributed by atoms with Gasteiger partial charge < -0.3 is 5.11 Å². The highest BCUT2D eigenvalue weighted by atomic mass is 35.5. The minimum atomic E-state index is -0.989. The fourth-order valence-corrected chi connectivity index (χ4v) is 5.72. The highest BCUT2D eigenvalue weighted by Crippen LogP contribution is 2.44. The molecule has 0 saturated heterocycles. The predicted molar refractivity (Wildman–Crippen MR) is 153 cm³/mol. The van der Waals surface area contributed by atoms with Gasteiger partial charge >= 0.3 is 5.97 Å². The first-order valence-corrected chi connectivity index (χ1v) is 13.1. The van der Waals surface area contributed by atoms with E-state index >= 15 is 0 Å². The van der Waals surface area contributed by atoms with Crippen molar-refractivity contribution in [2.45, 2.75) is 41.0 Å². The molecule has 3 rings (SSSR count). The Balaban J connectivity index is 2.43. The molecule has 0 saturated carbocycles. The summed E-state index contributed by atoms with van der Waals surface area (Å²) in [6.45, 7) is 10.4. The Morgan fingerprint density at radius 3 is 2.28 bits per heavy atom. The van der Waals surface area contributed by atoms with E-state index in [2.05, 4.69) is 32.9 Å². The summed E-state index contributed by atoms with van der Waals surface area (Å²) in [7, 11) is 0. The molecule has 0 aliphatic rings. The maximum absolute atomic E-state index is 11.0. The van der Waals surface area contributed by atoms with Crippen LogP contribution >= 0.6 is 22.9 Å². The van der Waals surface area contributed by atoms with Crippen LogP contribution in [0, 0.1) is 31.1 Å². The fourth-order valence-electron chi connectivity index (χ4n) is 4.44. The van der Waals surface area contributed by atoms with E-state index in [0.29, 0.717) is 5.57 Å². The first-order chi connectivity index (χ1) is 17.2. The number of nitriles is 1. The molecule has 0 bridgehead atoms. The fraction of sp³-hybridized carbons (Fsp3) is 0.226. The number of hydrogen-bond donors (Lipinski definition) is 1. The quantitative estimate of drug-likeness (QED) is 0.185. The summed E-state index contributed by atoms with van der Waals surface area (Å²) in [5.41, 5.74) is 8.42. The number of aliphatic carboxylic acids is 1. The minimum absolute atomic E-state index is 0.0564. The summed E-state index contributed by atoms with van der Waals surface area (Å²) in [4.78, 5) is 12.1. The van der Waals surface area contributed by atoms with Gasteiger partial charge in [0.15, 0.2) is 0 Å². The summed E-state index contributed by atoms with van der Waals surface area (Å²) in [6, 6.07) is 20.4. The molecule has 0 amide bonds. The first kappa shape index (κ1) is 27.2. The van der Waals surface area contributed by atoms with E-state index in [1.54, 1.807) is 17.4 Å². The lowest BCUT2D eigenvalue weighted by Gasteiger charge is -2.23. The van der Waals surface area contributed by atoms with Crippen molar-refractivity contribution in [2.24, 2.45) is 5.92 Å². The van der Waals surface area contributed by atoms with Gasteiger partial charge in [-0.25, -0.2) is 4.79 Å². The van der Waals surface area contributed by atoms with Crippen LogP contribution in [0.25, 0.3) is 22.8 Å². The molecular weight excluding hydrogens is 486 g/mol. The molecule has 5 heteroatoms. The molecule has 1 aromatic heterocycles. The topological polar surface area (TPSA) is 61.1 Å². The monoisotopic (exact) mass is 515 g/mol. The van der Waals surface area contributed by atoms with E-state index in [1.165, 1.54) is 0 Å². The molecule has 3 nitrogen and oxygen atoms in total. The Bertz CT molecular complexity index is 1400. The number of halogens is 1. The third-order valence-electron chi connectivity index (χ3n) is 6.05. The van der Waals surface area contributed by atoms with Crippen molar-refractivity contribution >= 4 is 51.7 Å². The van der Waals surface area contributed by atoms with Crippen molar-refractivity contribution < 1.29 is 9.90 Å². The Morgan fingerprint density at radius 2 is 1.78 bits per heavy atom. The smallest absolute Gasteiger partial charge is 0.328 e. The number of carbonyl (C=O) groups is 1. The number of nitrogens with zero attached hydrogens (tertiary/aromatic N) is 1. The van der Waals surface area contributed by atoms with Crippen LogP contribution in [-0.4, -0.2) is 11.1 Å². The van der Waals surface area contributed by atoms with Crippen molar-refractivity contribution in [1.82, 2.24) is 0 Å². The van der Waals surface area contributed by atoms with Crippen LogP contribution in [0.2, 0.25) is 4.34 Å². The van der Waals surface area contributed by atoms with Crippen molar-refractivity contribution in [2.75, 3.05) is 0 Å². The molecule has 0 unspecified atom stereocenters. The van der Waals surface area contributed by atoms with E-state index in [-0.39, 0.29) is 5.92 Å². The van der Waals surface area contributed by atoms with Crippen LogP contribution in [0.15, 0.2) is 66.2 Å². The third-order valence-corrected chi connectivity index (χ3v) is 7.32. The average molecular weight is 516 g/mol. The summed E-state index contributed by atoms with van der Waals surface area (Å²) in [5.74, 6) is -0.932. The van der Waals surface area contributed by atoms with Crippen LogP contribution in [0.3, 0.4) is 0 Å². The zero-order valence-electron chi connectivity index (χ0n) is 21.2. The molecule has 0 radical (unpaired) electrons. The zero-order valence-corrected chi connectivity index (χ0v) is 22.8. The zero-order chi connectivity index (χ0) is 26.4. The van der Waals surface area contributed by atoms with Crippen LogP contribution in [0.1, 0.15) is 59.9 Å². The van der Waals surface area contributed by atoms with Gasteiger partial charge in [0, 0.05) is 16.5 Å². The summed E-state index contributed by atoms with van der Waals surface area (Å²) < 4.78 is 0.736. The molecule has 2 aromatic carbocycles. The summed E-state index contributed by atoms with van der Waals surface area (Å²) in [5, 5.41) is 19.4. The van der Waals surface area contributed by atoms with E-state index < -0.39 is 5.97 Å². The number of carboxylic acid groups (broad SMARTS) is 1. The van der Waals surface area contributed by atoms with E-state index in [4.69, 9.17) is 16.7 Å². The van der Waals surface area contributed by atoms with Crippen LogP contribution in [0.4, 0.5) is 0 Å². The number of allylic oxidation sites excluding steroid dienone is 4. The lowest BCUT2D eigenvalue weighted by molar-refractivity contribution is -0.131. The van der Waals surface area contributed by atoms with Gasteiger partial charge in [-0.2, -0.15) is 5.26 Å². The van der Waals surface area contributed by atoms with Gasteiger partial charge in [-0.1, -0.05) is 80.9 Å². The third kappa shape index (κ3) is 6.05. The van der Waals surface area contributed by atoms with E-state index in [1.807, 2.05) is 62.4 Å². The maximum Gasteiger partial charge on any atom is 0.328 e. The minimum Gasteiger partial charge on any atom is -0.478 e. The number of thiophene rings is 1. The highest BCUT2D eigenvalue weighted by molar-refractivity contribution is 7.16. The lowest BCUT2D eigenvalue weighted by atomic mass is 9.79. The molecule has 184 valence electrons. The van der Waals surface area contributed by atoms with Crippen LogP contribution < -0.4 is 0 Å². The molecule has 36 heavy (non-hydrogen) atoms. The molecule has 0 aliphatic carbocycles. The number of hydrogen-bond acceptors (Lipinski definition) is 3. The molecule has 0 spiro atoms. The molecule has 3 aromatic rings. The van der Waals surface area contributed by atoms with Gasteiger partial charge in [-0.3, -0.25) is 0 Å². The number of rotatable bonds is 8. The summed E-state index contributed by atoms with van der Waals surface area (Å²) in [6.07, 6.45) is 3.43. The molecule has 0 aliphatic heterocycles. The second kappa shape index (κ2) is 12.0. The predicted octanol–water partition coefficient (Wildman–Crippen LogP) is 9.07. The lowest BCUT2D eigenvalue weighted by Crippen LogP contribution is -2.06. The largest absolute Gasteiger partial charge is 0.478 e. The van der Waals surface area contributed by atoms with Crippen molar-refractivity contribution in [3.63, 3.8) is 0 Å². The van der Waals surface area contributed by atoms with Gasteiger partial charge in [0.05, 0.1) is 5.57 Å². The maximum atomic E-state index is 11.0. The Morgan fingerprint density at radius 1 is 1.11 bits per heavy atom. The standard InChI is InChI=1S/C31H30ClNO2S/c1-6-24(26-17-21(5)36-31(26)32)30(23-14-11-22(12-15-23)13-16-28(34)35)29(19(2)3)27(18-33)25-10-8-7-9-20(25)4/h7-17,19H,6H2,1-5H3,(H,34,35)/b16-13+,29-27+,30-24+. The van der Waals surface area contributed by atoms with Crippen LogP contribution in [0.5, 0.6) is 0 Å². The second-order valence-corrected chi connectivity index (χ2v) is 10.8. The van der Waals surface area contributed by atoms with Crippen molar-refractivity contribution in [1.29, 1.82) is 5.26 Å². The number of aryl methyl sites for hydroxylation is 2.